The number of nitrogens with one attached hydrogen (secondary N) is 1. The Bertz CT molecular complexity index is 429. The summed E-state index contributed by atoms with van der Waals surface area (Å²) in [5.41, 5.74) is 5.27. The summed E-state index contributed by atoms with van der Waals surface area (Å²) in [5, 5.41) is 1.38. The van der Waals surface area contributed by atoms with Gasteiger partial charge in [0.2, 0.25) is 0 Å². The van der Waals surface area contributed by atoms with Crippen molar-refractivity contribution in [1.82, 2.24) is 4.98 Å². The summed E-state index contributed by atoms with van der Waals surface area (Å²) in [4.78, 5) is 3.37. The fourth-order valence-corrected chi connectivity index (χ4v) is 1.75. The molecule has 0 bridgehead atoms. The second kappa shape index (κ2) is 3.54. The van der Waals surface area contributed by atoms with Gasteiger partial charge in [-0.15, -0.1) is 17.0 Å². The van der Waals surface area contributed by atoms with Gasteiger partial charge in [0.15, 0.2) is 0 Å². The molecule has 13 heavy (non-hydrogen) atoms. The molecule has 0 aliphatic rings. The van der Waals surface area contributed by atoms with Crippen LogP contribution in [-0.2, 0) is 0 Å². The fraction of sp³-hybridized carbons (Fsp3) is 0.273. The molecule has 2 heteroatoms. The molecule has 0 saturated carbocycles. The van der Waals surface area contributed by atoms with Crippen molar-refractivity contribution in [3.8, 4) is 0 Å². The standard InChI is InChI=1S/C11H13N.BrH/c1-7-5-4-6-10-11(7)8(2)9(3)12-10;/h4-6,12H,1-3H3;1H. The third kappa shape index (κ3) is 1.51. The van der Waals surface area contributed by atoms with Gasteiger partial charge in [0.25, 0.3) is 0 Å². The average Bonchev–Trinajstić information content (AvgIpc) is 2.29. The van der Waals surface area contributed by atoms with Crippen LogP contribution in [0, 0.1) is 20.8 Å². The number of hydrogen-bond donors (Lipinski definition) is 1. The Morgan fingerprint density at radius 2 is 1.77 bits per heavy atom. The van der Waals surface area contributed by atoms with E-state index in [1.54, 1.807) is 0 Å². The van der Waals surface area contributed by atoms with Crippen LogP contribution in [0.4, 0.5) is 0 Å². The first-order chi connectivity index (χ1) is 5.70. The van der Waals surface area contributed by atoms with E-state index < -0.39 is 0 Å². The van der Waals surface area contributed by atoms with Crippen molar-refractivity contribution in [2.45, 2.75) is 20.8 Å². The maximum Gasteiger partial charge on any atom is 0.0461 e. The smallest absolute Gasteiger partial charge is 0.0461 e. The van der Waals surface area contributed by atoms with E-state index in [0.717, 1.165) is 0 Å². The number of halogens is 1. The lowest BCUT2D eigenvalue weighted by Gasteiger charge is -1.95. The lowest BCUT2D eigenvalue weighted by atomic mass is 10.1. The third-order valence-electron chi connectivity index (χ3n) is 2.53. The zero-order chi connectivity index (χ0) is 8.72. The van der Waals surface area contributed by atoms with Crippen molar-refractivity contribution in [2.24, 2.45) is 0 Å². The summed E-state index contributed by atoms with van der Waals surface area (Å²) in [6.45, 7) is 6.44. The monoisotopic (exact) mass is 239 g/mol. The van der Waals surface area contributed by atoms with Gasteiger partial charge in [0.1, 0.15) is 0 Å². The maximum absolute atomic E-state index is 3.37. The van der Waals surface area contributed by atoms with Gasteiger partial charge in [0, 0.05) is 16.6 Å². The average molecular weight is 240 g/mol. The molecule has 0 radical (unpaired) electrons. The highest BCUT2D eigenvalue weighted by molar-refractivity contribution is 8.93. The topological polar surface area (TPSA) is 15.8 Å². The molecule has 0 fully saturated rings. The van der Waals surface area contributed by atoms with Crippen LogP contribution >= 0.6 is 17.0 Å². The van der Waals surface area contributed by atoms with E-state index in [1.165, 1.54) is 27.7 Å². The van der Waals surface area contributed by atoms with Crippen LogP contribution in [0.15, 0.2) is 18.2 Å². The highest BCUT2D eigenvalue weighted by atomic mass is 79.9. The zero-order valence-electron chi connectivity index (χ0n) is 8.14. The van der Waals surface area contributed by atoms with Crippen molar-refractivity contribution in [3.05, 3.63) is 35.0 Å². The first-order valence-electron chi connectivity index (χ1n) is 4.24. The lowest BCUT2D eigenvalue weighted by Crippen LogP contribution is -1.75. The minimum atomic E-state index is 0. The number of rotatable bonds is 0. The Hall–Kier alpha value is -0.760. The van der Waals surface area contributed by atoms with Gasteiger partial charge < -0.3 is 4.98 Å². The maximum atomic E-state index is 3.37. The van der Waals surface area contributed by atoms with Gasteiger partial charge in [-0.3, -0.25) is 0 Å². The van der Waals surface area contributed by atoms with Crippen molar-refractivity contribution in [2.75, 3.05) is 0 Å². The van der Waals surface area contributed by atoms with Gasteiger partial charge in [-0.05, 0) is 38.0 Å². The Morgan fingerprint density at radius 3 is 2.38 bits per heavy atom. The molecule has 0 saturated heterocycles. The molecule has 0 aliphatic carbocycles. The molecule has 0 amide bonds. The molecule has 1 nitrogen and oxygen atoms in total. The molecule has 1 aromatic carbocycles. The normalized spacial score (nSPS) is 10.1. The van der Waals surface area contributed by atoms with Crippen LogP contribution < -0.4 is 0 Å². The van der Waals surface area contributed by atoms with E-state index in [4.69, 9.17) is 0 Å². The van der Waals surface area contributed by atoms with E-state index in [-0.39, 0.29) is 17.0 Å². The van der Waals surface area contributed by atoms with Gasteiger partial charge in [-0.2, -0.15) is 0 Å². The number of aryl methyl sites for hydroxylation is 3. The third-order valence-corrected chi connectivity index (χ3v) is 2.53. The fourth-order valence-electron chi connectivity index (χ4n) is 1.75. The van der Waals surface area contributed by atoms with E-state index in [2.05, 4.69) is 44.0 Å². The van der Waals surface area contributed by atoms with E-state index in [9.17, 15) is 0 Å². The number of aromatic nitrogens is 1. The SMILES string of the molecule is Br.Cc1[nH]c2cccc(C)c2c1C. The van der Waals surface area contributed by atoms with Crippen LogP contribution in [0.3, 0.4) is 0 Å². The molecule has 70 valence electrons. The Labute approximate surface area is 88.9 Å². The molecular weight excluding hydrogens is 226 g/mol. The van der Waals surface area contributed by atoms with Crippen LogP contribution in [0.25, 0.3) is 10.9 Å². The Balaban J connectivity index is 0.000000845. The van der Waals surface area contributed by atoms with Gasteiger partial charge in [-0.1, -0.05) is 12.1 Å². The molecule has 1 aromatic heterocycles. The second-order valence-corrected chi connectivity index (χ2v) is 3.37. The van der Waals surface area contributed by atoms with Crippen molar-refractivity contribution < 1.29 is 0 Å². The number of benzene rings is 1. The molecule has 0 spiro atoms. The van der Waals surface area contributed by atoms with Crippen molar-refractivity contribution in [1.29, 1.82) is 0 Å². The quantitative estimate of drug-likeness (QED) is 0.723. The molecule has 2 rings (SSSR count). The van der Waals surface area contributed by atoms with Crippen LogP contribution in [0.2, 0.25) is 0 Å². The van der Waals surface area contributed by atoms with Crippen molar-refractivity contribution in [3.63, 3.8) is 0 Å². The van der Waals surface area contributed by atoms with E-state index in [1.807, 2.05) is 0 Å². The first kappa shape index (κ1) is 10.3. The van der Waals surface area contributed by atoms with E-state index in [0.29, 0.717) is 0 Å². The molecule has 2 aromatic rings. The largest absolute Gasteiger partial charge is 0.358 e. The summed E-state index contributed by atoms with van der Waals surface area (Å²) in [6.07, 6.45) is 0. The minimum absolute atomic E-state index is 0. The number of hydrogen-bond acceptors (Lipinski definition) is 0. The van der Waals surface area contributed by atoms with Crippen LogP contribution in [-0.4, -0.2) is 4.98 Å². The molecule has 0 atom stereocenters. The minimum Gasteiger partial charge on any atom is -0.358 e. The molecular formula is C11H14BrN. The highest BCUT2D eigenvalue weighted by Crippen LogP contribution is 2.23. The van der Waals surface area contributed by atoms with Gasteiger partial charge in [-0.25, -0.2) is 0 Å². The predicted octanol–water partition coefficient (Wildman–Crippen LogP) is 3.67. The number of H-pyrrole nitrogens is 1. The summed E-state index contributed by atoms with van der Waals surface area (Å²) < 4.78 is 0. The first-order valence-corrected chi connectivity index (χ1v) is 4.24. The highest BCUT2D eigenvalue weighted by Gasteiger charge is 2.04. The number of aromatic amines is 1. The van der Waals surface area contributed by atoms with E-state index >= 15 is 0 Å². The predicted molar refractivity (Wildman–Crippen MR) is 62.8 cm³/mol. The molecule has 1 heterocycles. The lowest BCUT2D eigenvalue weighted by molar-refractivity contribution is 1.25. The molecule has 1 N–H and O–H groups in total. The van der Waals surface area contributed by atoms with Crippen LogP contribution in [0.1, 0.15) is 16.8 Å². The summed E-state index contributed by atoms with van der Waals surface area (Å²) in [6, 6.07) is 6.37. The molecule has 0 aliphatic heterocycles. The van der Waals surface area contributed by atoms with Gasteiger partial charge in [0.05, 0.1) is 0 Å². The second-order valence-electron chi connectivity index (χ2n) is 3.37. The zero-order valence-corrected chi connectivity index (χ0v) is 9.85. The Morgan fingerprint density at radius 1 is 1.08 bits per heavy atom. The van der Waals surface area contributed by atoms with Crippen LogP contribution in [0.5, 0.6) is 0 Å². The van der Waals surface area contributed by atoms with Gasteiger partial charge >= 0.3 is 0 Å². The van der Waals surface area contributed by atoms with Crippen molar-refractivity contribution >= 4 is 27.9 Å². The summed E-state index contributed by atoms with van der Waals surface area (Å²) in [7, 11) is 0. The number of fused-ring (bicyclic) bond motifs is 1. The summed E-state index contributed by atoms with van der Waals surface area (Å²) >= 11 is 0. The Kier molecular flexibility index (Phi) is 2.81. The molecule has 0 unspecified atom stereocenters. The summed E-state index contributed by atoms with van der Waals surface area (Å²) in [5.74, 6) is 0.